The van der Waals surface area contributed by atoms with E-state index >= 15 is 0 Å². The van der Waals surface area contributed by atoms with Crippen LogP contribution in [0.4, 0.5) is 4.39 Å². The largest absolute Gasteiger partial charge is 0.382 e. The molecular weight excluding hydrogens is 476 g/mol. The highest BCUT2D eigenvalue weighted by Crippen LogP contribution is 2.16. The van der Waals surface area contributed by atoms with Crippen molar-refractivity contribution in [3.05, 3.63) is 34.1 Å². The molecule has 2 N–H and O–H groups in total. The first-order valence-corrected chi connectivity index (χ1v) is 8.50. The van der Waals surface area contributed by atoms with Crippen molar-refractivity contribution in [1.29, 1.82) is 0 Å². The van der Waals surface area contributed by atoms with Crippen LogP contribution in [0.5, 0.6) is 0 Å². The fourth-order valence-corrected chi connectivity index (χ4v) is 2.26. The maximum absolute atomic E-state index is 13.7. The Labute approximate surface area is 163 Å². The number of hydrogen-bond donors (Lipinski definition) is 2. The van der Waals surface area contributed by atoms with Gasteiger partial charge >= 0.3 is 0 Å². The molecule has 132 valence electrons. The minimum absolute atomic E-state index is 0. The topological polar surface area (TPSA) is 45.7 Å². The molecular formula is C16H26BrFIN3O. The van der Waals surface area contributed by atoms with Gasteiger partial charge in [-0.05, 0) is 44.9 Å². The molecule has 1 aromatic carbocycles. The molecule has 0 aliphatic heterocycles. The summed E-state index contributed by atoms with van der Waals surface area (Å²) >= 11 is 3.35. The van der Waals surface area contributed by atoms with Gasteiger partial charge < -0.3 is 15.4 Å². The average molecular weight is 502 g/mol. The summed E-state index contributed by atoms with van der Waals surface area (Å²) in [7, 11) is 0. The number of hydrogen-bond acceptors (Lipinski definition) is 2. The van der Waals surface area contributed by atoms with E-state index in [2.05, 4.69) is 31.6 Å². The number of nitrogens with zero attached hydrogens (tertiary/aromatic N) is 1. The number of unbranched alkanes of at least 4 members (excludes halogenated alkanes) is 1. The number of rotatable bonds is 9. The van der Waals surface area contributed by atoms with Crippen LogP contribution in [-0.2, 0) is 11.3 Å². The standard InChI is InChI=1S/C16H25BrFN3O.HI/c1-3-19-16(20-9-5-6-10-22-4-2)21-12-13-11-14(17)7-8-15(13)18;/h7-8,11H,3-6,9-10,12H2,1-2H3,(H2,19,20,21);1H. The van der Waals surface area contributed by atoms with Gasteiger partial charge in [0.2, 0.25) is 0 Å². The van der Waals surface area contributed by atoms with E-state index in [0.717, 1.165) is 43.6 Å². The van der Waals surface area contributed by atoms with Crippen molar-refractivity contribution in [3.63, 3.8) is 0 Å². The first kappa shape index (κ1) is 22.6. The second kappa shape index (κ2) is 14.0. The molecule has 23 heavy (non-hydrogen) atoms. The molecule has 0 aliphatic carbocycles. The quantitative estimate of drug-likeness (QED) is 0.232. The van der Waals surface area contributed by atoms with E-state index in [1.807, 2.05) is 13.8 Å². The Morgan fingerprint density at radius 2 is 2.04 bits per heavy atom. The van der Waals surface area contributed by atoms with Gasteiger partial charge in [0.15, 0.2) is 5.96 Å². The highest BCUT2D eigenvalue weighted by molar-refractivity contribution is 14.0. The van der Waals surface area contributed by atoms with Crippen LogP contribution in [0.3, 0.4) is 0 Å². The van der Waals surface area contributed by atoms with Gasteiger partial charge in [-0.3, -0.25) is 0 Å². The van der Waals surface area contributed by atoms with E-state index in [-0.39, 0.29) is 29.8 Å². The lowest BCUT2D eigenvalue weighted by Gasteiger charge is -2.11. The van der Waals surface area contributed by atoms with Crippen molar-refractivity contribution in [2.45, 2.75) is 33.2 Å². The molecule has 0 atom stereocenters. The minimum atomic E-state index is -0.237. The third-order valence-electron chi connectivity index (χ3n) is 2.97. The van der Waals surface area contributed by atoms with Crippen molar-refractivity contribution in [2.24, 2.45) is 4.99 Å². The van der Waals surface area contributed by atoms with E-state index in [1.165, 1.54) is 6.07 Å². The molecule has 0 saturated heterocycles. The van der Waals surface area contributed by atoms with Gasteiger partial charge in [-0.2, -0.15) is 0 Å². The summed E-state index contributed by atoms with van der Waals surface area (Å²) in [5, 5.41) is 6.41. The normalized spacial score (nSPS) is 11.0. The van der Waals surface area contributed by atoms with Crippen LogP contribution in [0, 0.1) is 5.82 Å². The van der Waals surface area contributed by atoms with E-state index in [0.29, 0.717) is 18.1 Å². The fourth-order valence-electron chi connectivity index (χ4n) is 1.85. The van der Waals surface area contributed by atoms with Crippen molar-refractivity contribution in [1.82, 2.24) is 10.6 Å². The summed E-state index contributed by atoms with van der Waals surface area (Å²) in [4.78, 5) is 4.42. The molecule has 0 saturated carbocycles. The minimum Gasteiger partial charge on any atom is -0.382 e. The van der Waals surface area contributed by atoms with E-state index in [1.54, 1.807) is 12.1 Å². The summed E-state index contributed by atoms with van der Waals surface area (Å²) < 4.78 is 19.8. The molecule has 0 heterocycles. The van der Waals surface area contributed by atoms with Crippen LogP contribution < -0.4 is 10.6 Å². The summed E-state index contributed by atoms with van der Waals surface area (Å²) in [6.45, 7) is 7.44. The third kappa shape index (κ3) is 10.1. The molecule has 0 amide bonds. The van der Waals surface area contributed by atoms with Gasteiger partial charge in [0.25, 0.3) is 0 Å². The van der Waals surface area contributed by atoms with Crippen LogP contribution in [0.1, 0.15) is 32.3 Å². The van der Waals surface area contributed by atoms with Crippen molar-refractivity contribution in [2.75, 3.05) is 26.3 Å². The Kier molecular flexibility index (Phi) is 13.7. The third-order valence-corrected chi connectivity index (χ3v) is 3.46. The monoisotopic (exact) mass is 501 g/mol. The zero-order chi connectivity index (χ0) is 16.2. The Bertz CT molecular complexity index is 475. The van der Waals surface area contributed by atoms with Gasteiger partial charge in [0.1, 0.15) is 5.82 Å². The van der Waals surface area contributed by atoms with Crippen LogP contribution in [-0.4, -0.2) is 32.3 Å². The van der Waals surface area contributed by atoms with Gasteiger partial charge in [-0.15, -0.1) is 24.0 Å². The number of ether oxygens (including phenoxy) is 1. The summed E-state index contributed by atoms with van der Waals surface area (Å²) in [6.07, 6.45) is 2.02. The lowest BCUT2D eigenvalue weighted by atomic mass is 10.2. The van der Waals surface area contributed by atoms with Crippen molar-refractivity contribution < 1.29 is 9.13 Å². The lowest BCUT2D eigenvalue weighted by molar-refractivity contribution is 0.143. The van der Waals surface area contributed by atoms with Crippen LogP contribution in [0.25, 0.3) is 0 Å². The molecule has 0 radical (unpaired) electrons. The smallest absolute Gasteiger partial charge is 0.191 e. The van der Waals surface area contributed by atoms with Gasteiger partial charge in [-0.25, -0.2) is 9.38 Å². The Hall–Kier alpha value is -0.410. The zero-order valence-electron chi connectivity index (χ0n) is 13.7. The maximum Gasteiger partial charge on any atom is 0.191 e. The molecule has 0 aliphatic rings. The SMILES string of the molecule is CCNC(=NCc1cc(Br)ccc1F)NCCCCOCC.I. The number of guanidine groups is 1. The van der Waals surface area contributed by atoms with E-state index in [4.69, 9.17) is 4.74 Å². The van der Waals surface area contributed by atoms with Crippen LogP contribution in [0.2, 0.25) is 0 Å². The Balaban J connectivity index is 0.00000484. The highest BCUT2D eigenvalue weighted by Gasteiger charge is 2.03. The zero-order valence-corrected chi connectivity index (χ0v) is 17.6. The fraction of sp³-hybridized carbons (Fsp3) is 0.562. The van der Waals surface area contributed by atoms with Gasteiger partial charge in [-0.1, -0.05) is 15.9 Å². The molecule has 0 fully saturated rings. The van der Waals surface area contributed by atoms with Crippen LogP contribution >= 0.6 is 39.9 Å². The maximum atomic E-state index is 13.7. The van der Waals surface area contributed by atoms with Gasteiger partial charge in [0, 0.05) is 36.3 Å². The van der Waals surface area contributed by atoms with Crippen LogP contribution in [0.15, 0.2) is 27.7 Å². The second-order valence-electron chi connectivity index (χ2n) is 4.76. The average Bonchev–Trinajstić information content (AvgIpc) is 2.51. The number of benzene rings is 1. The predicted molar refractivity (Wildman–Crippen MR) is 108 cm³/mol. The Morgan fingerprint density at radius 1 is 1.26 bits per heavy atom. The molecule has 0 aromatic heterocycles. The van der Waals surface area contributed by atoms with Crippen molar-refractivity contribution in [3.8, 4) is 0 Å². The summed E-state index contributed by atoms with van der Waals surface area (Å²) in [6, 6.07) is 4.89. The highest BCUT2D eigenvalue weighted by atomic mass is 127. The first-order valence-electron chi connectivity index (χ1n) is 7.71. The second-order valence-corrected chi connectivity index (χ2v) is 5.68. The molecule has 4 nitrogen and oxygen atoms in total. The number of nitrogens with one attached hydrogen (secondary N) is 2. The van der Waals surface area contributed by atoms with E-state index in [9.17, 15) is 4.39 Å². The Morgan fingerprint density at radius 3 is 2.74 bits per heavy atom. The molecule has 0 bridgehead atoms. The molecule has 7 heteroatoms. The molecule has 0 spiro atoms. The predicted octanol–water partition coefficient (Wildman–Crippen LogP) is 4.08. The first-order chi connectivity index (χ1) is 10.7. The summed E-state index contributed by atoms with van der Waals surface area (Å²) in [5.74, 6) is 0.470. The molecule has 0 unspecified atom stereocenters. The lowest BCUT2D eigenvalue weighted by Crippen LogP contribution is -2.37. The van der Waals surface area contributed by atoms with Crippen molar-refractivity contribution >= 4 is 45.9 Å². The summed E-state index contributed by atoms with van der Waals surface area (Å²) in [5.41, 5.74) is 0.572. The number of halogens is 3. The molecule has 1 rings (SSSR count). The number of aliphatic imine (C=N–C) groups is 1. The van der Waals surface area contributed by atoms with E-state index < -0.39 is 0 Å². The van der Waals surface area contributed by atoms with Gasteiger partial charge in [0.05, 0.1) is 6.54 Å². The molecule has 1 aromatic rings.